The quantitative estimate of drug-likeness (QED) is 0.183. The highest BCUT2D eigenvalue weighted by atomic mass is 16.1. The van der Waals surface area contributed by atoms with Gasteiger partial charge in [-0.25, -0.2) is 4.98 Å². The van der Waals surface area contributed by atoms with Crippen molar-refractivity contribution < 1.29 is 4.79 Å². The summed E-state index contributed by atoms with van der Waals surface area (Å²) in [6.07, 6.45) is 13.6. The summed E-state index contributed by atoms with van der Waals surface area (Å²) in [5, 5.41) is 5.72. The van der Waals surface area contributed by atoms with Crippen molar-refractivity contribution in [1.82, 2.24) is 20.6 Å². The van der Waals surface area contributed by atoms with Crippen LogP contribution >= 0.6 is 0 Å². The number of nitrogens with one attached hydrogen (secondary N) is 3. The van der Waals surface area contributed by atoms with Gasteiger partial charge in [0.15, 0.2) is 5.95 Å². The summed E-state index contributed by atoms with van der Waals surface area (Å²) in [5.74, 6) is 0.498. The highest BCUT2D eigenvalue weighted by Crippen LogP contribution is 2.08. The van der Waals surface area contributed by atoms with Crippen LogP contribution in [-0.4, -0.2) is 29.5 Å². The second-order valence-corrected chi connectivity index (χ2v) is 7.44. The van der Waals surface area contributed by atoms with E-state index >= 15 is 0 Å². The largest absolute Gasteiger partial charge is 0.401 e. The van der Waals surface area contributed by atoms with E-state index < -0.39 is 0 Å². The summed E-state index contributed by atoms with van der Waals surface area (Å²) in [5.41, 5.74) is 15.7. The summed E-state index contributed by atoms with van der Waals surface area (Å²) in [7, 11) is 0. The number of aromatic amines is 1. The predicted molar refractivity (Wildman–Crippen MR) is 141 cm³/mol. The summed E-state index contributed by atoms with van der Waals surface area (Å²) in [6, 6.07) is 10.0. The van der Waals surface area contributed by atoms with E-state index in [-0.39, 0.29) is 0 Å². The number of amides is 1. The third-order valence-electron chi connectivity index (χ3n) is 4.23. The SMILES string of the molecule is C/C(=C\c1ccccc1)CNC=O.C=CC.CCN/C=C(\N)CCCCCc1cnc(N)[nH]1. The summed E-state index contributed by atoms with van der Waals surface area (Å²) >= 11 is 0. The molecule has 0 saturated carbocycles. The zero-order valence-corrected chi connectivity index (χ0v) is 20.4. The van der Waals surface area contributed by atoms with Gasteiger partial charge in [-0.3, -0.25) is 4.79 Å². The van der Waals surface area contributed by atoms with Crippen molar-refractivity contribution in [1.29, 1.82) is 0 Å². The number of allylic oxidation sites excluding steroid dienone is 2. The van der Waals surface area contributed by atoms with Crippen LogP contribution in [0.1, 0.15) is 57.7 Å². The number of carbonyl (C=O) groups excluding carboxylic acids is 1. The molecule has 0 bridgehead atoms. The topological polar surface area (TPSA) is 122 Å². The molecular weight excluding hydrogens is 412 g/mol. The fourth-order valence-electron chi connectivity index (χ4n) is 2.72. The van der Waals surface area contributed by atoms with Crippen molar-refractivity contribution in [3.8, 4) is 0 Å². The van der Waals surface area contributed by atoms with E-state index in [2.05, 4.69) is 40.2 Å². The fourth-order valence-corrected chi connectivity index (χ4v) is 2.72. The van der Waals surface area contributed by atoms with Crippen molar-refractivity contribution in [2.75, 3.05) is 18.8 Å². The van der Waals surface area contributed by atoms with Crippen LogP contribution in [0.4, 0.5) is 5.95 Å². The van der Waals surface area contributed by atoms with Gasteiger partial charge in [-0.1, -0.05) is 54.5 Å². The van der Waals surface area contributed by atoms with Gasteiger partial charge in [0.2, 0.25) is 6.41 Å². The summed E-state index contributed by atoms with van der Waals surface area (Å²) < 4.78 is 0. The van der Waals surface area contributed by atoms with Crippen molar-refractivity contribution in [2.45, 2.75) is 52.9 Å². The number of nitrogens with two attached hydrogens (primary N) is 2. The maximum Gasteiger partial charge on any atom is 0.207 e. The van der Waals surface area contributed by atoms with Gasteiger partial charge in [0.05, 0.1) is 6.20 Å². The number of carbonyl (C=O) groups is 1. The lowest BCUT2D eigenvalue weighted by molar-refractivity contribution is -0.109. The fraction of sp³-hybridized carbons (Fsp3) is 0.385. The molecule has 0 radical (unpaired) electrons. The molecule has 0 spiro atoms. The maximum absolute atomic E-state index is 10.0. The van der Waals surface area contributed by atoms with Gasteiger partial charge in [-0.05, 0) is 52.0 Å². The molecular formula is C26H42N6O. The zero-order chi connectivity index (χ0) is 24.7. The minimum absolute atomic E-state index is 0.498. The van der Waals surface area contributed by atoms with E-state index in [1.807, 2.05) is 50.4 Å². The van der Waals surface area contributed by atoms with Gasteiger partial charge in [0.1, 0.15) is 0 Å². The third-order valence-corrected chi connectivity index (χ3v) is 4.23. The molecule has 7 N–H and O–H groups in total. The summed E-state index contributed by atoms with van der Waals surface area (Å²) in [4.78, 5) is 17.0. The first-order valence-corrected chi connectivity index (χ1v) is 11.4. The first-order valence-electron chi connectivity index (χ1n) is 11.4. The van der Waals surface area contributed by atoms with Gasteiger partial charge >= 0.3 is 0 Å². The molecule has 0 saturated heterocycles. The van der Waals surface area contributed by atoms with Crippen molar-refractivity contribution in [3.05, 3.63) is 77.9 Å². The van der Waals surface area contributed by atoms with E-state index in [1.54, 1.807) is 12.3 Å². The van der Waals surface area contributed by atoms with E-state index in [0.29, 0.717) is 18.9 Å². The number of hydrogen-bond acceptors (Lipinski definition) is 5. The van der Waals surface area contributed by atoms with Gasteiger partial charge < -0.3 is 27.1 Å². The number of benzene rings is 1. The number of rotatable bonds is 12. The molecule has 1 heterocycles. The Hall–Kier alpha value is -3.48. The Morgan fingerprint density at radius 3 is 2.45 bits per heavy atom. The van der Waals surface area contributed by atoms with Crippen LogP contribution in [0.25, 0.3) is 6.08 Å². The Morgan fingerprint density at radius 1 is 1.18 bits per heavy atom. The lowest BCUT2D eigenvalue weighted by Gasteiger charge is -2.02. The minimum Gasteiger partial charge on any atom is -0.401 e. The number of hydrogen-bond donors (Lipinski definition) is 5. The number of aryl methyl sites for hydroxylation is 1. The zero-order valence-electron chi connectivity index (χ0n) is 20.4. The number of aromatic nitrogens is 2. The molecule has 0 aliphatic carbocycles. The number of unbranched alkanes of at least 4 members (excludes halogenated alkanes) is 2. The molecule has 1 aromatic carbocycles. The van der Waals surface area contributed by atoms with Crippen LogP contribution < -0.4 is 22.1 Å². The van der Waals surface area contributed by atoms with Gasteiger partial charge in [-0.2, -0.15) is 0 Å². The van der Waals surface area contributed by atoms with Gasteiger partial charge in [0.25, 0.3) is 0 Å². The Bertz CT molecular complexity index is 811. The molecule has 0 fully saturated rings. The van der Waals surface area contributed by atoms with E-state index in [0.717, 1.165) is 54.8 Å². The number of anilines is 1. The molecule has 0 aliphatic heterocycles. The molecule has 2 aromatic rings. The monoisotopic (exact) mass is 454 g/mol. The first kappa shape index (κ1) is 29.5. The molecule has 7 heteroatoms. The normalized spacial score (nSPS) is 10.8. The van der Waals surface area contributed by atoms with E-state index in [9.17, 15) is 4.79 Å². The van der Waals surface area contributed by atoms with Crippen molar-refractivity contribution >= 4 is 18.4 Å². The molecule has 33 heavy (non-hydrogen) atoms. The second kappa shape index (κ2) is 20.4. The van der Waals surface area contributed by atoms with Crippen molar-refractivity contribution in [3.63, 3.8) is 0 Å². The highest BCUT2D eigenvalue weighted by molar-refractivity contribution is 5.54. The Balaban J connectivity index is 0.000000569. The Kier molecular flexibility index (Phi) is 18.3. The van der Waals surface area contributed by atoms with E-state index in [1.165, 1.54) is 6.42 Å². The van der Waals surface area contributed by atoms with Crippen molar-refractivity contribution in [2.24, 2.45) is 5.73 Å². The molecule has 182 valence electrons. The molecule has 7 nitrogen and oxygen atoms in total. The standard InChI is InChI=1S/C12H23N5.C11H13NO.C3H6/c1-2-15-8-10(13)6-4-3-5-7-11-9-16-12(14)17-11;1-10(8-12-9-13)7-11-5-3-2-4-6-11;1-3-2/h8-9,15H,2-7,13H2,1H3,(H3,14,16,17);2-7,9H,8H2,1H3,(H,12,13);3H,1H2,2H3/b10-8-;10-7+;. The number of nitrogens with zero attached hydrogens (tertiary/aromatic N) is 1. The van der Waals surface area contributed by atoms with Crippen LogP contribution in [0.2, 0.25) is 0 Å². The van der Waals surface area contributed by atoms with Gasteiger partial charge in [-0.15, -0.1) is 6.58 Å². The third kappa shape index (κ3) is 17.9. The predicted octanol–water partition coefficient (Wildman–Crippen LogP) is 4.53. The number of nitrogen functional groups attached to an aromatic ring is 1. The average molecular weight is 455 g/mol. The molecule has 1 amide bonds. The van der Waals surface area contributed by atoms with Gasteiger partial charge in [0, 0.05) is 30.7 Å². The lowest BCUT2D eigenvalue weighted by atomic mass is 10.1. The number of imidazole rings is 1. The lowest BCUT2D eigenvalue weighted by Crippen LogP contribution is -2.12. The van der Waals surface area contributed by atoms with Crippen LogP contribution in [0.15, 0.2) is 66.7 Å². The van der Waals surface area contributed by atoms with Crippen LogP contribution in [0.3, 0.4) is 0 Å². The maximum atomic E-state index is 10.0. The van der Waals surface area contributed by atoms with Crippen LogP contribution in [-0.2, 0) is 11.2 Å². The molecule has 0 unspecified atom stereocenters. The molecule has 0 atom stereocenters. The first-order chi connectivity index (χ1) is 16.0. The smallest absolute Gasteiger partial charge is 0.207 e. The minimum atomic E-state index is 0.498. The molecule has 2 rings (SSSR count). The Morgan fingerprint density at radius 2 is 1.88 bits per heavy atom. The van der Waals surface area contributed by atoms with Crippen LogP contribution in [0, 0.1) is 0 Å². The van der Waals surface area contributed by atoms with E-state index in [4.69, 9.17) is 11.5 Å². The summed E-state index contributed by atoms with van der Waals surface area (Å²) in [6.45, 7) is 10.8. The average Bonchev–Trinajstić information content (AvgIpc) is 3.22. The molecule has 0 aliphatic rings. The highest BCUT2D eigenvalue weighted by Gasteiger charge is 1.98. The van der Waals surface area contributed by atoms with Crippen LogP contribution in [0.5, 0.6) is 0 Å². The second-order valence-electron chi connectivity index (χ2n) is 7.44. The Labute approximate surface area is 199 Å². The molecule has 1 aromatic heterocycles. The number of H-pyrrole nitrogens is 1.